The number of aliphatic carboxylic acids is 2. The molecule has 0 amide bonds. The summed E-state index contributed by atoms with van der Waals surface area (Å²) in [6.45, 7) is 7.66. The largest absolute Gasteiger partial charge is 0.481 e. The van der Waals surface area contributed by atoms with Crippen molar-refractivity contribution >= 4 is 11.9 Å². The Morgan fingerprint density at radius 1 is 0.750 bits per heavy atom. The van der Waals surface area contributed by atoms with Gasteiger partial charge in [0.2, 0.25) is 0 Å². The number of hydrogen-bond donors (Lipinski definition) is 2. The van der Waals surface area contributed by atoms with Crippen LogP contribution in [0.15, 0.2) is 0 Å². The zero-order valence-electron chi connectivity index (χ0n) is 11.0. The van der Waals surface area contributed by atoms with Gasteiger partial charge in [0.05, 0.1) is 0 Å². The van der Waals surface area contributed by atoms with Crippen LogP contribution in [0.25, 0.3) is 0 Å². The van der Waals surface area contributed by atoms with Crippen molar-refractivity contribution in [2.75, 3.05) is 0 Å². The molecule has 4 heteroatoms. The van der Waals surface area contributed by atoms with E-state index in [2.05, 4.69) is 13.8 Å². The van der Waals surface area contributed by atoms with Crippen LogP contribution in [0.4, 0.5) is 0 Å². The summed E-state index contributed by atoms with van der Waals surface area (Å²) in [4.78, 5) is 18.7. The van der Waals surface area contributed by atoms with Crippen molar-refractivity contribution in [3.8, 4) is 0 Å². The number of carboxylic acids is 2. The van der Waals surface area contributed by atoms with Crippen molar-refractivity contribution in [2.24, 2.45) is 0 Å². The second-order valence-electron chi connectivity index (χ2n) is 3.20. The first kappa shape index (κ1) is 20.4. The lowest BCUT2D eigenvalue weighted by molar-refractivity contribution is -0.137. The molecule has 4 nitrogen and oxygen atoms in total. The zero-order valence-corrected chi connectivity index (χ0v) is 11.0. The van der Waals surface area contributed by atoms with Gasteiger partial charge in [0.1, 0.15) is 0 Å². The molecule has 0 aromatic rings. The number of carbonyl (C=O) groups is 2. The molecule has 0 rings (SSSR count). The van der Waals surface area contributed by atoms with E-state index < -0.39 is 11.9 Å². The molecule has 0 aromatic carbocycles. The van der Waals surface area contributed by atoms with Crippen molar-refractivity contribution in [1.29, 1.82) is 0 Å². The van der Waals surface area contributed by atoms with Gasteiger partial charge in [0.25, 0.3) is 0 Å². The van der Waals surface area contributed by atoms with Crippen molar-refractivity contribution in [1.82, 2.24) is 0 Å². The van der Waals surface area contributed by atoms with Gasteiger partial charge in [-0.3, -0.25) is 9.59 Å². The molecular weight excluding hydrogens is 208 g/mol. The first-order valence-electron chi connectivity index (χ1n) is 5.89. The van der Waals surface area contributed by atoms with Gasteiger partial charge in [-0.2, -0.15) is 0 Å². The fourth-order valence-corrected chi connectivity index (χ4v) is 0.500. The summed E-state index contributed by atoms with van der Waals surface area (Å²) in [6, 6.07) is 0. The molecule has 0 aromatic heterocycles. The van der Waals surface area contributed by atoms with Crippen LogP contribution in [0.5, 0.6) is 0 Å². The van der Waals surface area contributed by atoms with E-state index in [0.29, 0.717) is 0 Å². The van der Waals surface area contributed by atoms with Gasteiger partial charge in [-0.05, 0) is 0 Å². The standard InChI is InChI=1S/C6H14.2C3H6O2/c1-3-5-6-4-2;2*1-2-3(4)5/h3-6H2,1-2H3;2*2H2,1H3,(H,4,5). The van der Waals surface area contributed by atoms with Gasteiger partial charge < -0.3 is 10.2 Å². The molecule has 0 spiro atoms. The van der Waals surface area contributed by atoms with Gasteiger partial charge in [-0.1, -0.05) is 53.4 Å². The van der Waals surface area contributed by atoms with Crippen molar-refractivity contribution in [2.45, 2.75) is 66.2 Å². The molecule has 0 atom stereocenters. The van der Waals surface area contributed by atoms with Crippen LogP contribution in [0.2, 0.25) is 0 Å². The Balaban J connectivity index is -0.000000160. The average Bonchev–Trinajstić information content (AvgIpc) is 2.27. The molecule has 0 aliphatic carbocycles. The lowest BCUT2D eigenvalue weighted by atomic mass is 10.2. The molecule has 0 heterocycles. The highest BCUT2D eigenvalue weighted by atomic mass is 16.4. The minimum absolute atomic E-state index is 0.222. The summed E-state index contributed by atoms with van der Waals surface area (Å²) < 4.78 is 0. The molecule has 0 saturated heterocycles. The highest BCUT2D eigenvalue weighted by Gasteiger charge is 1.81. The molecule has 0 fully saturated rings. The quantitative estimate of drug-likeness (QED) is 0.713. The lowest BCUT2D eigenvalue weighted by Gasteiger charge is -1.86. The Morgan fingerprint density at radius 3 is 1.00 bits per heavy atom. The van der Waals surface area contributed by atoms with Crippen LogP contribution in [0, 0.1) is 0 Å². The smallest absolute Gasteiger partial charge is 0.303 e. The molecule has 16 heavy (non-hydrogen) atoms. The Hall–Kier alpha value is -1.06. The normalized spacial score (nSPS) is 8.00. The number of unbranched alkanes of at least 4 members (excludes halogenated alkanes) is 3. The molecule has 0 bridgehead atoms. The topological polar surface area (TPSA) is 74.6 Å². The highest BCUT2D eigenvalue weighted by molar-refractivity contribution is 5.66. The minimum Gasteiger partial charge on any atom is -0.481 e. The third-order valence-electron chi connectivity index (χ3n) is 1.56. The Morgan fingerprint density at radius 2 is 0.938 bits per heavy atom. The Kier molecular flexibility index (Phi) is 24.8. The van der Waals surface area contributed by atoms with E-state index in [0.717, 1.165) is 0 Å². The molecule has 0 radical (unpaired) electrons. The maximum absolute atomic E-state index is 9.37. The lowest BCUT2D eigenvalue weighted by Crippen LogP contribution is -1.86. The van der Waals surface area contributed by atoms with E-state index in [9.17, 15) is 9.59 Å². The number of carboxylic acid groups (broad SMARTS) is 2. The van der Waals surface area contributed by atoms with E-state index in [1.54, 1.807) is 13.8 Å². The predicted molar refractivity (Wildman–Crippen MR) is 65.7 cm³/mol. The molecule has 2 N–H and O–H groups in total. The van der Waals surface area contributed by atoms with Crippen LogP contribution in [0.1, 0.15) is 66.2 Å². The van der Waals surface area contributed by atoms with Crippen LogP contribution in [0.3, 0.4) is 0 Å². The third kappa shape index (κ3) is 52.3. The van der Waals surface area contributed by atoms with E-state index in [4.69, 9.17) is 10.2 Å². The third-order valence-corrected chi connectivity index (χ3v) is 1.56. The van der Waals surface area contributed by atoms with Crippen LogP contribution in [-0.2, 0) is 9.59 Å². The predicted octanol–water partition coefficient (Wildman–Crippen LogP) is 3.55. The Bertz CT molecular complexity index is 137. The van der Waals surface area contributed by atoms with E-state index in [-0.39, 0.29) is 12.8 Å². The summed E-state index contributed by atoms with van der Waals surface area (Å²) in [5.74, 6) is -1.49. The number of rotatable bonds is 5. The summed E-state index contributed by atoms with van der Waals surface area (Å²) in [5, 5.41) is 15.4. The number of hydrogen-bond acceptors (Lipinski definition) is 2. The Labute approximate surface area is 98.7 Å². The van der Waals surface area contributed by atoms with Crippen molar-refractivity contribution in [3.05, 3.63) is 0 Å². The maximum Gasteiger partial charge on any atom is 0.303 e. The average molecular weight is 234 g/mol. The van der Waals surface area contributed by atoms with Gasteiger partial charge in [0.15, 0.2) is 0 Å². The van der Waals surface area contributed by atoms with Crippen LogP contribution < -0.4 is 0 Å². The monoisotopic (exact) mass is 234 g/mol. The van der Waals surface area contributed by atoms with E-state index in [1.165, 1.54) is 25.7 Å². The van der Waals surface area contributed by atoms with Gasteiger partial charge in [-0.15, -0.1) is 0 Å². The summed E-state index contributed by atoms with van der Waals surface area (Å²) >= 11 is 0. The first-order valence-corrected chi connectivity index (χ1v) is 5.89. The molecule has 0 aliphatic rings. The molecular formula is C12H26O4. The molecule has 0 saturated carbocycles. The summed E-state index contributed by atoms with van der Waals surface area (Å²) in [6.07, 6.45) is 5.98. The maximum atomic E-state index is 9.37. The fraction of sp³-hybridized carbons (Fsp3) is 0.833. The zero-order chi connectivity index (χ0) is 13.4. The van der Waals surface area contributed by atoms with Crippen LogP contribution in [-0.4, -0.2) is 22.2 Å². The highest BCUT2D eigenvalue weighted by Crippen LogP contribution is 1.95. The van der Waals surface area contributed by atoms with E-state index in [1.807, 2.05) is 0 Å². The molecule has 98 valence electrons. The molecule has 0 unspecified atom stereocenters. The summed E-state index contributed by atoms with van der Waals surface area (Å²) in [7, 11) is 0. The SMILES string of the molecule is CCC(=O)O.CCC(=O)O.CCCCCC. The molecule has 0 aliphatic heterocycles. The van der Waals surface area contributed by atoms with Crippen LogP contribution >= 0.6 is 0 Å². The van der Waals surface area contributed by atoms with Gasteiger partial charge in [0, 0.05) is 12.8 Å². The fourth-order valence-electron chi connectivity index (χ4n) is 0.500. The first-order chi connectivity index (χ1) is 7.45. The van der Waals surface area contributed by atoms with Gasteiger partial charge >= 0.3 is 11.9 Å². The van der Waals surface area contributed by atoms with Crippen molar-refractivity contribution < 1.29 is 19.8 Å². The minimum atomic E-state index is -0.745. The summed E-state index contributed by atoms with van der Waals surface area (Å²) in [5.41, 5.74) is 0. The second-order valence-corrected chi connectivity index (χ2v) is 3.20. The second kappa shape index (κ2) is 19.5. The van der Waals surface area contributed by atoms with E-state index >= 15 is 0 Å². The van der Waals surface area contributed by atoms with Crippen molar-refractivity contribution in [3.63, 3.8) is 0 Å². The van der Waals surface area contributed by atoms with Gasteiger partial charge in [-0.25, -0.2) is 0 Å².